The maximum Gasteiger partial charge on any atom is 0.103 e. The average Bonchev–Trinajstić information content (AvgIpc) is 2.53. The Bertz CT molecular complexity index is 258. The Hall–Kier alpha value is -0.0600. The summed E-state index contributed by atoms with van der Waals surface area (Å²) in [5.74, 6) is 1.04. The number of nitrogens with zero attached hydrogens (tertiary/aromatic N) is 1. The van der Waals surface area contributed by atoms with E-state index >= 15 is 0 Å². The van der Waals surface area contributed by atoms with Crippen molar-refractivity contribution in [1.29, 1.82) is 0 Å². The van der Waals surface area contributed by atoms with Gasteiger partial charge in [-0.15, -0.1) is 11.3 Å². The van der Waals surface area contributed by atoms with E-state index < -0.39 is 0 Å². The van der Waals surface area contributed by atoms with Crippen LogP contribution in [0.5, 0.6) is 0 Å². The van der Waals surface area contributed by atoms with Crippen LogP contribution in [0.3, 0.4) is 0 Å². The van der Waals surface area contributed by atoms with E-state index in [1.807, 2.05) is 11.8 Å². The molecule has 14 heavy (non-hydrogen) atoms. The first-order valence-corrected chi connectivity index (χ1v) is 7.15. The molecule has 0 aliphatic heterocycles. The Morgan fingerprint density at radius 3 is 3.00 bits per heavy atom. The van der Waals surface area contributed by atoms with Crippen LogP contribution in [0.25, 0.3) is 0 Å². The standard InChI is InChI=1S/C10H18N2S2/c1-8(2)11-5-4-9-6-14-10(12-9)7-13-3/h6,8,11H,4-5,7H2,1-3H3. The molecule has 0 saturated heterocycles. The van der Waals surface area contributed by atoms with Crippen molar-refractivity contribution in [3.05, 3.63) is 16.1 Å². The van der Waals surface area contributed by atoms with Crippen molar-refractivity contribution in [3.8, 4) is 0 Å². The molecule has 0 aromatic carbocycles. The molecule has 0 bridgehead atoms. The van der Waals surface area contributed by atoms with Gasteiger partial charge in [-0.05, 0) is 6.26 Å². The van der Waals surface area contributed by atoms with E-state index in [9.17, 15) is 0 Å². The number of thiazole rings is 1. The van der Waals surface area contributed by atoms with E-state index in [0.29, 0.717) is 6.04 Å². The van der Waals surface area contributed by atoms with E-state index in [-0.39, 0.29) is 0 Å². The molecule has 0 unspecified atom stereocenters. The second-order valence-corrected chi connectivity index (χ2v) is 5.33. The van der Waals surface area contributed by atoms with Gasteiger partial charge in [-0.1, -0.05) is 13.8 Å². The highest BCUT2D eigenvalue weighted by Gasteiger charge is 2.01. The summed E-state index contributed by atoms with van der Waals surface area (Å²) in [4.78, 5) is 4.55. The van der Waals surface area contributed by atoms with Crippen LogP contribution in [0, 0.1) is 0 Å². The predicted octanol–water partition coefficient (Wildman–Crippen LogP) is 2.55. The molecular weight excluding hydrogens is 212 g/mol. The molecule has 1 aromatic rings. The fourth-order valence-corrected chi connectivity index (χ4v) is 2.69. The Labute approximate surface area is 94.5 Å². The molecule has 0 aliphatic carbocycles. The van der Waals surface area contributed by atoms with Crippen molar-refractivity contribution in [2.75, 3.05) is 12.8 Å². The second-order valence-electron chi connectivity index (χ2n) is 3.52. The molecular formula is C10H18N2S2. The average molecular weight is 230 g/mol. The third-order valence-electron chi connectivity index (χ3n) is 1.80. The Morgan fingerprint density at radius 2 is 2.36 bits per heavy atom. The van der Waals surface area contributed by atoms with E-state index in [4.69, 9.17) is 0 Å². The van der Waals surface area contributed by atoms with Gasteiger partial charge >= 0.3 is 0 Å². The van der Waals surface area contributed by atoms with Crippen LogP contribution in [0.1, 0.15) is 24.5 Å². The van der Waals surface area contributed by atoms with Gasteiger partial charge in [-0.25, -0.2) is 4.98 Å². The number of rotatable bonds is 6. The van der Waals surface area contributed by atoms with Gasteiger partial charge in [0.1, 0.15) is 5.01 Å². The molecule has 2 nitrogen and oxygen atoms in total. The van der Waals surface area contributed by atoms with Crippen LogP contribution in [0.2, 0.25) is 0 Å². The van der Waals surface area contributed by atoms with Crippen LogP contribution in [-0.4, -0.2) is 23.8 Å². The molecule has 4 heteroatoms. The highest BCUT2D eigenvalue weighted by Crippen LogP contribution is 2.14. The fourth-order valence-electron chi connectivity index (χ4n) is 1.14. The van der Waals surface area contributed by atoms with Crippen LogP contribution in [0.15, 0.2) is 5.38 Å². The zero-order valence-electron chi connectivity index (χ0n) is 9.04. The summed E-state index contributed by atoms with van der Waals surface area (Å²) in [6.07, 6.45) is 3.16. The number of nitrogens with one attached hydrogen (secondary N) is 1. The molecule has 1 rings (SSSR count). The summed E-state index contributed by atoms with van der Waals surface area (Å²) < 4.78 is 0. The first kappa shape index (κ1) is 12.0. The molecule has 0 amide bonds. The summed E-state index contributed by atoms with van der Waals surface area (Å²) in [5.41, 5.74) is 1.23. The number of thioether (sulfide) groups is 1. The quantitative estimate of drug-likeness (QED) is 0.813. The van der Waals surface area contributed by atoms with Gasteiger partial charge in [0.2, 0.25) is 0 Å². The van der Waals surface area contributed by atoms with E-state index in [2.05, 4.69) is 35.8 Å². The summed E-state index contributed by atoms with van der Waals surface area (Å²) in [6.45, 7) is 5.36. The zero-order valence-corrected chi connectivity index (χ0v) is 10.7. The van der Waals surface area contributed by atoms with Crippen molar-refractivity contribution in [3.63, 3.8) is 0 Å². The smallest absolute Gasteiger partial charge is 0.103 e. The summed E-state index contributed by atoms with van der Waals surface area (Å²) in [6, 6.07) is 0.569. The van der Waals surface area contributed by atoms with Crippen LogP contribution < -0.4 is 5.32 Å². The van der Waals surface area contributed by atoms with Gasteiger partial charge in [0, 0.05) is 30.1 Å². The minimum atomic E-state index is 0.569. The van der Waals surface area contributed by atoms with Crippen molar-refractivity contribution in [1.82, 2.24) is 10.3 Å². The molecule has 0 atom stereocenters. The lowest BCUT2D eigenvalue weighted by Crippen LogP contribution is -2.25. The minimum Gasteiger partial charge on any atom is -0.314 e. The Morgan fingerprint density at radius 1 is 1.57 bits per heavy atom. The zero-order chi connectivity index (χ0) is 10.4. The lowest BCUT2D eigenvalue weighted by Gasteiger charge is -2.05. The third-order valence-corrected chi connectivity index (χ3v) is 3.44. The third kappa shape index (κ3) is 4.44. The highest BCUT2D eigenvalue weighted by molar-refractivity contribution is 7.97. The summed E-state index contributed by atoms with van der Waals surface area (Å²) in [5, 5.41) is 6.82. The molecule has 0 aliphatic rings. The van der Waals surface area contributed by atoms with Crippen LogP contribution in [-0.2, 0) is 12.2 Å². The predicted molar refractivity (Wildman–Crippen MR) is 66.2 cm³/mol. The van der Waals surface area contributed by atoms with Crippen molar-refractivity contribution >= 4 is 23.1 Å². The first-order valence-electron chi connectivity index (χ1n) is 4.88. The van der Waals surface area contributed by atoms with Crippen molar-refractivity contribution in [2.45, 2.75) is 32.1 Å². The largest absolute Gasteiger partial charge is 0.314 e. The molecule has 80 valence electrons. The second kappa shape index (κ2) is 6.43. The van der Waals surface area contributed by atoms with Gasteiger partial charge in [0.15, 0.2) is 0 Å². The van der Waals surface area contributed by atoms with E-state index in [0.717, 1.165) is 18.7 Å². The molecule has 1 N–H and O–H groups in total. The molecule has 0 spiro atoms. The van der Waals surface area contributed by atoms with Crippen LogP contribution in [0.4, 0.5) is 0 Å². The molecule has 0 saturated carbocycles. The molecule has 0 fully saturated rings. The van der Waals surface area contributed by atoms with Gasteiger partial charge < -0.3 is 5.32 Å². The fraction of sp³-hybridized carbons (Fsp3) is 0.700. The highest BCUT2D eigenvalue weighted by atomic mass is 32.2. The monoisotopic (exact) mass is 230 g/mol. The lowest BCUT2D eigenvalue weighted by molar-refractivity contribution is 0.587. The topological polar surface area (TPSA) is 24.9 Å². The first-order chi connectivity index (χ1) is 6.72. The maximum absolute atomic E-state index is 4.55. The summed E-state index contributed by atoms with van der Waals surface area (Å²) in [7, 11) is 0. The van der Waals surface area contributed by atoms with Crippen LogP contribution >= 0.6 is 23.1 Å². The number of aromatic nitrogens is 1. The van der Waals surface area contributed by atoms with Crippen molar-refractivity contribution in [2.24, 2.45) is 0 Å². The Balaban J connectivity index is 2.28. The van der Waals surface area contributed by atoms with E-state index in [1.54, 1.807) is 11.3 Å². The van der Waals surface area contributed by atoms with Gasteiger partial charge in [0.05, 0.1) is 5.69 Å². The SMILES string of the molecule is CSCc1nc(CCNC(C)C)cs1. The number of hydrogen-bond donors (Lipinski definition) is 1. The number of hydrogen-bond acceptors (Lipinski definition) is 4. The Kier molecular flexibility index (Phi) is 5.52. The van der Waals surface area contributed by atoms with Crippen molar-refractivity contribution < 1.29 is 0 Å². The normalized spacial score (nSPS) is 11.1. The van der Waals surface area contributed by atoms with Gasteiger partial charge in [0.25, 0.3) is 0 Å². The molecule has 1 heterocycles. The van der Waals surface area contributed by atoms with Gasteiger partial charge in [-0.3, -0.25) is 0 Å². The molecule has 0 radical (unpaired) electrons. The van der Waals surface area contributed by atoms with Gasteiger partial charge in [-0.2, -0.15) is 11.8 Å². The summed E-state index contributed by atoms with van der Waals surface area (Å²) >= 11 is 3.60. The molecule has 1 aromatic heterocycles. The maximum atomic E-state index is 4.55. The lowest BCUT2D eigenvalue weighted by atomic mass is 10.3. The minimum absolute atomic E-state index is 0.569. The van der Waals surface area contributed by atoms with E-state index in [1.165, 1.54) is 10.7 Å².